The lowest BCUT2D eigenvalue weighted by molar-refractivity contribution is -0.138. The van der Waals surface area contributed by atoms with E-state index < -0.39 is 11.7 Å². The average molecular weight is 354 g/mol. The van der Waals surface area contributed by atoms with Crippen molar-refractivity contribution in [3.05, 3.63) is 70.2 Å². The van der Waals surface area contributed by atoms with Gasteiger partial charge in [-0.15, -0.1) is 0 Å². The number of carbonyl (C=O) groups is 1. The second-order valence-corrected chi connectivity index (χ2v) is 6.24. The van der Waals surface area contributed by atoms with Gasteiger partial charge in [0.05, 0.1) is 16.1 Å². The van der Waals surface area contributed by atoms with Crippen molar-refractivity contribution in [3.8, 4) is 0 Å². The second kappa shape index (κ2) is 6.48. The largest absolute Gasteiger partial charge is 0.416 e. The molecule has 0 spiro atoms. The van der Waals surface area contributed by atoms with E-state index in [0.29, 0.717) is 23.4 Å². The fourth-order valence-corrected chi connectivity index (χ4v) is 3.24. The Kier molecular flexibility index (Phi) is 4.54. The van der Waals surface area contributed by atoms with E-state index >= 15 is 0 Å². The molecule has 2 aromatic carbocycles. The number of rotatable bonds is 3. The number of alkyl halides is 3. The molecule has 0 radical (unpaired) electrons. The van der Waals surface area contributed by atoms with Crippen molar-refractivity contribution in [3.63, 3.8) is 0 Å². The third-order valence-electron chi connectivity index (χ3n) is 4.38. The Morgan fingerprint density at radius 1 is 1.04 bits per heavy atom. The molecule has 0 saturated heterocycles. The monoisotopic (exact) mass is 353 g/mol. The third-order valence-corrected chi connectivity index (χ3v) is 4.70. The predicted octanol–water partition coefficient (Wildman–Crippen LogP) is 5.03. The molecule has 1 N–H and O–H groups in total. The summed E-state index contributed by atoms with van der Waals surface area (Å²) < 4.78 is 39.5. The van der Waals surface area contributed by atoms with E-state index in [4.69, 9.17) is 11.6 Å². The van der Waals surface area contributed by atoms with Gasteiger partial charge in [-0.05, 0) is 36.6 Å². The van der Waals surface area contributed by atoms with Crippen molar-refractivity contribution in [2.75, 3.05) is 0 Å². The molecule has 6 heteroatoms. The van der Waals surface area contributed by atoms with E-state index in [9.17, 15) is 18.0 Å². The van der Waals surface area contributed by atoms with Crippen molar-refractivity contribution in [2.24, 2.45) is 0 Å². The first kappa shape index (κ1) is 16.8. The van der Waals surface area contributed by atoms with Gasteiger partial charge in [-0.2, -0.15) is 13.2 Å². The van der Waals surface area contributed by atoms with Gasteiger partial charge in [-0.25, -0.2) is 0 Å². The molecule has 0 bridgehead atoms. The summed E-state index contributed by atoms with van der Waals surface area (Å²) in [5, 5.41) is 3.13. The molecule has 2 unspecified atom stereocenters. The van der Waals surface area contributed by atoms with Crippen LogP contribution in [0.5, 0.6) is 0 Å². The van der Waals surface area contributed by atoms with E-state index in [1.54, 1.807) is 30.3 Å². The normalized spacial score (nSPS) is 20.3. The van der Waals surface area contributed by atoms with Crippen molar-refractivity contribution >= 4 is 17.5 Å². The van der Waals surface area contributed by atoms with Crippen molar-refractivity contribution in [1.29, 1.82) is 0 Å². The molecule has 1 fully saturated rings. The molecule has 0 aromatic heterocycles. The quantitative estimate of drug-likeness (QED) is 0.823. The van der Waals surface area contributed by atoms with Crippen LogP contribution in [0.2, 0.25) is 5.02 Å². The van der Waals surface area contributed by atoms with Gasteiger partial charge in [0.1, 0.15) is 0 Å². The van der Waals surface area contributed by atoms with Gasteiger partial charge in [0.25, 0.3) is 5.91 Å². The summed E-state index contributed by atoms with van der Waals surface area (Å²) in [4.78, 5) is 12.3. The highest BCUT2D eigenvalue weighted by Gasteiger charge is 2.40. The van der Waals surface area contributed by atoms with E-state index in [-0.39, 0.29) is 23.4 Å². The fourth-order valence-electron chi connectivity index (χ4n) is 3.01. The molecule has 2 nitrogen and oxygen atoms in total. The van der Waals surface area contributed by atoms with Crippen LogP contribution in [0.3, 0.4) is 0 Å². The van der Waals surface area contributed by atoms with Crippen LogP contribution in [-0.4, -0.2) is 11.9 Å². The molecule has 0 heterocycles. The van der Waals surface area contributed by atoms with Gasteiger partial charge in [-0.3, -0.25) is 4.79 Å². The minimum absolute atomic E-state index is 0.237. The van der Waals surface area contributed by atoms with Crippen LogP contribution in [0.25, 0.3) is 0 Å². The van der Waals surface area contributed by atoms with Crippen LogP contribution < -0.4 is 5.32 Å². The Morgan fingerprint density at radius 3 is 2.33 bits per heavy atom. The topological polar surface area (TPSA) is 29.1 Å². The number of halogens is 4. The maximum Gasteiger partial charge on any atom is 0.416 e. The molecule has 24 heavy (non-hydrogen) atoms. The summed E-state index contributed by atoms with van der Waals surface area (Å²) in [5.41, 5.74) is -0.0682. The predicted molar refractivity (Wildman–Crippen MR) is 86.1 cm³/mol. The molecule has 1 amide bonds. The number of hydrogen-bond donors (Lipinski definition) is 1. The number of nitrogens with one attached hydrogen (secondary N) is 1. The molecule has 0 aliphatic heterocycles. The number of amides is 1. The molecule has 1 aliphatic carbocycles. The molecule has 1 aliphatic rings. The average Bonchev–Trinajstić information content (AvgIpc) is 2.51. The summed E-state index contributed by atoms with van der Waals surface area (Å²) in [6.45, 7) is 0. The first-order chi connectivity index (χ1) is 11.4. The lowest BCUT2D eigenvalue weighted by Gasteiger charge is -2.38. The molecule has 1 saturated carbocycles. The number of carbonyl (C=O) groups excluding carboxylic acids is 1. The summed E-state index contributed by atoms with van der Waals surface area (Å²) in [5.74, 6) is -0.700. The minimum Gasteiger partial charge on any atom is -0.349 e. The summed E-state index contributed by atoms with van der Waals surface area (Å²) >= 11 is 5.99. The Bertz CT molecular complexity index is 760. The van der Waals surface area contributed by atoms with Crippen molar-refractivity contribution in [2.45, 2.75) is 31.0 Å². The van der Waals surface area contributed by atoms with E-state index in [0.717, 1.165) is 6.07 Å². The van der Waals surface area contributed by atoms with Crippen LogP contribution in [0.1, 0.15) is 40.2 Å². The van der Waals surface area contributed by atoms with Crippen molar-refractivity contribution in [1.82, 2.24) is 5.32 Å². The van der Waals surface area contributed by atoms with E-state index in [1.165, 1.54) is 12.1 Å². The molecule has 2 atom stereocenters. The smallest absolute Gasteiger partial charge is 0.349 e. The van der Waals surface area contributed by atoms with Gasteiger partial charge >= 0.3 is 6.18 Å². The zero-order chi connectivity index (χ0) is 17.3. The molecule has 126 valence electrons. The zero-order valence-electron chi connectivity index (χ0n) is 12.6. The highest BCUT2D eigenvalue weighted by molar-refractivity contribution is 6.33. The molecular weight excluding hydrogens is 339 g/mol. The van der Waals surface area contributed by atoms with Gasteiger partial charge in [0.2, 0.25) is 0 Å². The van der Waals surface area contributed by atoms with Crippen LogP contribution in [0.4, 0.5) is 13.2 Å². The lowest BCUT2D eigenvalue weighted by Crippen LogP contribution is -2.46. The Labute approximate surface area is 142 Å². The number of hydrogen-bond acceptors (Lipinski definition) is 1. The molecule has 3 rings (SSSR count). The van der Waals surface area contributed by atoms with E-state index in [2.05, 4.69) is 5.32 Å². The van der Waals surface area contributed by atoms with Crippen molar-refractivity contribution < 1.29 is 18.0 Å². The van der Waals surface area contributed by atoms with Gasteiger partial charge in [-0.1, -0.05) is 41.9 Å². The van der Waals surface area contributed by atoms with Crippen LogP contribution in [-0.2, 0) is 6.18 Å². The maximum atomic E-state index is 13.2. The highest BCUT2D eigenvalue weighted by atomic mass is 35.5. The standard InChI is InChI=1S/C18H15ClF3NO/c19-15-8-4-2-6-13(15)17(24)23-16-10-9-12(16)11-5-1-3-7-14(11)18(20,21)22/h1-8,12,16H,9-10H2,(H,23,24). The maximum absolute atomic E-state index is 13.2. The van der Waals surface area contributed by atoms with E-state index in [1.807, 2.05) is 0 Å². The van der Waals surface area contributed by atoms with Gasteiger partial charge in [0, 0.05) is 12.0 Å². The summed E-state index contributed by atoms with van der Waals surface area (Å²) in [6, 6.07) is 11.8. The summed E-state index contributed by atoms with van der Waals surface area (Å²) in [7, 11) is 0. The first-order valence-corrected chi connectivity index (χ1v) is 7.97. The molecular formula is C18H15ClF3NO. The summed E-state index contributed by atoms with van der Waals surface area (Å²) in [6.07, 6.45) is -3.14. The Balaban J connectivity index is 1.79. The van der Waals surface area contributed by atoms with Crippen LogP contribution in [0.15, 0.2) is 48.5 Å². The first-order valence-electron chi connectivity index (χ1n) is 7.59. The zero-order valence-corrected chi connectivity index (χ0v) is 13.4. The minimum atomic E-state index is -4.40. The van der Waals surface area contributed by atoms with Crippen LogP contribution >= 0.6 is 11.6 Å². The van der Waals surface area contributed by atoms with Crippen LogP contribution in [0, 0.1) is 0 Å². The van der Waals surface area contributed by atoms with Gasteiger partial charge in [0.15, 0.2) is 0 Å². The fraction of sp³-hybridized carbons (Fsp3) is 0.278. The van der Waals surface area contributed by atoms with Gasteiger partial charge < -0.3 is 5.32 Å². The number of benzene rings is 2. The molecule has 2 aromatic rings. The Morgan fingerprint density at radius 2 is 1.71 bits per heavy atom. The highest BCUT2D eigenvalue weighted by Crippen LogP contribution is 2.43. The Hall–Kier alpha value is -2.01. The lowest BCUT2D eigenvalue weighted by atomic mass is 9.73. The third kappa shape index (κ3) is 3.26. The second-order valence-electron chi connectivity index (χ2n) is 5.83. The SMILES string of the molecule is O=C(NC1CCC1c1ccccc1C(F)(F)F)c1ccccc1Cl.